The van der Waals surface area contributed by atoms with E-state index < -0.39 is 22.0 Å². The number of rotatable bonds is 4. The topological polar surface area (TPSA) is 83.6 Å². The molecule has 0 radical (unpaired) electrons. The van der Waals surface area contributed by atoms with Crippen LogP contribution in [0.25, 0.3) is 0 Å². The largest absolute Gasteiger partial charge is 0.352 e. The van der Waals surface area contributed by atoms with Gasteiger partial charge in [0.2, 0.25) is 11.8 Å². The molecule has 1 aliphatic heterocycles. The van der Waals surface area contributed by atoms with Crippen LogP contribution in [0.1, 0.15) is 31.2 Å². The van der Waals surface area contributed by atoms with Crippen molar-refractivity contribution in [1.29, 1.82) is 0 Å². The SMILES string of the molecule is Cc1ccc(S(=O)(=O)N2C(=O)CCC2C(=O)NC2CC2)cc1. The van der Waals surface area contributed by atoms with E-state index in [0.717, 1.165) is 22.7 Å². The number of amides is 2. The summed E-state index contributed by atoms with van der Waals surface area (Å²) < 4.78 is 26.2. The van der Waals surface area contributed by atoms with Crippen molar-refractivity contribution in [2.75, 3.05) is 0 Å². The summed E-state index contributed by atoms with van der Waals surface area (Å²) in [6, 6.07) is 5.48. The molecule has 2 fully saturated rings. The maximum absolute atomic E-state index is 12.7. The maximum atomic E-state index is 12.7. The van der Waals surface area contributed by atoms with Crippen molar-refractivity contribution in [3.05, 3.63) is 29.8 Å². The molecule has 1 N–H and O–H groups in total. The number of aryl methyl sites for hydroxylation is 1. The van der Waals surface area contributed by atoms with Gasteiger partial charge in [0.25, 0.3) is 10.0 Å². The number of hydrogen-bond acceptors (Lipinski definition) is 4. The van der Waals surface area contributed by atoms with E-state index >= 15 is 0 Å². The summed E-state index contributed by atoms with van der Waals surface area (Å²) >= 11 is 0. The van der Waals surface area contributed by atoms with Gasteiger partial charge in [0.1, 0.15) is 6.04 Å². The van der Waals surface area contributed by atoms with Gasteiger partial charge in [-0.1, -0.05) is 17.7 Å². The normalized spacial score (nSPS) is 22.0. The predicted molar refractivity (Wildman–Crippen MR) is 79.4 cm³/mol. The summed E-state index contributed by atoms with van der Waals surface area (Å²) in [7, 11) is -3.99. The highest BCUT2D eigenvalue weighted by molar-refractivity contribution is 7.89. The average Bonchev–Trinajstić information content (AvgIpc) is 3.18. The maximum Gasteiger partial charge on any atom is 0.267 e. The van der Waals surface area contributed by atoms with Crippen molar-refractivity contribution >= 4 is 21.8 Å². The van der Waals surface area contributed by atoms with E-state index in [0.29, 0.717) is 0 Å². The highest BCUT2D eigenvalue weighted by Crippen LogP contribution is 2.28. The Morgan fingerprint density at radius 2 is 1.82 bits per heavy atom. The van der Waals surface area contributed by atoms with Gasteiger partial charge in [0.05, 0.1) is 4.90 Å². The molecule has 2 aliphatic rings. The fourth-order valence-corrected chi connectivity index (χ4v) is 4.15. The molecule has 1 saturated carbocycles. The molecule has 0 bridgehead atoms. The minimum atomic E-state index is -3.99. The summed E-state index contributed by atoms with van der Waals surface area (Å²) in [4.78, 5) is 24.3. The van der Waals surface area contributed by atoms with Crippen LogP contribution in [0.15, 0.2) is 29.2 Å². The third-order valence-corrected chi connectivity index (χ3v) is 5.81. The quantitative estimate of drug-likeness (QED) is 0.895. The van der Waals surface area contributed by atoms with E-state index in [1.54, 1.807) is 12.1 Å². The van der Waals surface area contributed by atoms with Gasteiger partial charge in [-0.25, -0.2) is 12.7 Å². The highest BCUT2D eigenvalue weighted by atomic mass is 32.2. The molecule has 3 rings (SSSR count). The lowest BCUT2D eigenvalue weighted by Crippen LogP contribution is -2.47. The lowest BCUT2D eigenvalue weighted by atomic mass is 10.2. The minimum absolute atomic E-state index is 0.0394. The molecular formula is C15H18N2O4S. The van der Waals surface area contributed by atoms with E-state index in [1.165, 1.54) is 12.1 Å². The van der Waals surface area contributed by atoms with Crippen LogP contribution in [0.5, 0.6) is 0 Å². The van der Waals surface area contributed by atoms with Crippen LogP contribution in [0.3, 0.4) is 0 Å². The van der Waals surface area contributed by atoms with E-state index in [-0.39, 0.29) is 29.7 Å². The van der Waals surface area contributed by atoms with Crippen LogP contribution >= 0.6 is 0 Å². The summed E-state index contributed by atoms with van der Waals surface area (Å²) in [5.74, 6) is -0.888. The van der Waals surface area contributed by atoms with Gasteiger partial charge in [-0.3, -0.25) is 9.59 Å². The standard InChI is InChI=1S/C15H18N2O4S/c1-10-2-6-12(7-3-10)22(20,21)17-13(8-9-14(17)18)15(19)16-11-4-5-11/h2-3,6-7,11,13H,4-5,8-9H2,1H3,(H,16,19). The van der Waals surface area contributed by atoms with Crippen molar-refractivity contribution in [2.45, 2.75) is 49.6 Å². The summed E-state index contributed by atoms with van der Waals surface area (Å²) in [6.07, 6.45) is 2.14. The Morgan fingerprint density at radius 3 is 2.41 bits per heavy atom. The van der Waals surface area contributed by atoms with E-state index in [2.05, 4.69) is 5.32 Å². The summed E-state index contributed by atoms with van der Waals surface area (Å²) in [6.45, 7) is 1.85. The number of nitrogens with one attached hydrogen (secondary N) is 1. The van der Waals surface area contributed by atoms with Crippen molar-refractivity contribution in [3.8, 4) is 0 Å². The zero-order valence-electron chi connectivity index (χ0n) is 12.3. The zero-order chi connectivity index (χ0) is 15.9. The van der Waals surface area contributed by atoms with E-state index in [4.69, 9.17) is 0 Å². The molecule has 1 aromatic rings. The van der Waals surface area contributed by atoms with Crippen LogP contribution in [-0.2, 0) is 19.6 Å². The Balaban J connectivity index is 1.90. The lowest BCUT2D eigenvalue weighted by molar-refractivity contribution is -0.130. The van der Waals surface area contributed by atoms with E-state index in [1.807, 2.05) is 6.92 Å². The van der Waals surface area contributed by atoms with Crippen LogP contribution in [0.4, 0.5) is 0 Å². The monoisotopic (exact) mass is 322 g/mol. The fraction of sp³-hybridized carbons (Fsp3) is 0.467. The van der Waals surface area contributed by atoms with Gasteiger partial charge in [-0.2, -0.15) is 0 Å². The number of carbonyl (C=O) groups excluding carboxylic acids is 2. The second-order valence-corrected chi connectivity index (χ2v) is 7.66. The smallest absolute Gasteiger partial charge is 0.267 e. The Hall–Kier alpha value is -1.89. The Bertz CT molecular complexity index is 708. The zero-order valence-corrected chi connectivity index (χ0v) is 13.1. The molecule has 1 aromatic carbocycles. The fourth-order valence-electron chi connectivity index (χ4n) is 2.55. The molecule has 1 saturated heterocycles. The first-order valence-corrected chi connectivity index (χ1v) is 8.78. The predicted octanol–water partition coefficient (Wildman–Crippen LogP) is 0.953. The van der Waals surface area contributed by atoms with Crippen molar-refractivity contribution in [1.82, 2.24) is 9.62 Å². The van der Waals surface area contributed by atoms with Crippen LogP contribution in [0, 0.1) is 6.92 Å². The van der Waals surface area contributed by atoms with Crippen LogP contribution in [-0.4, -0.2) is 36.6 Å². The number of nitrogens with zero attached hydrogens (tertiary/aromatic N) is 1. The highest BCUT2D eigenvalue weighted by Gasteiger charge is 2.45. The molecule has 2 amide bonds. The number of hydrogen-bond donors (Lipinski definition) is 1. The first kappa shape index (κ1) is 15.0. The van der Waals surface area contributed by atoms with Gasteiger partial charge in [0, 0.05) is 12.5 Å². The summed E-state index contributed by atoms with van der Waals surface area (Å²) in [5, 5.41) is 2.78. The van der Waals surface area contributed by atoms with Gasteiger partial charge in [-0.05, 0) is 38.3 Å². The molecule has 6 nitrogen and oxygen atoms in total. The molecule has 0 aromatic heterocycles. The lowest BCUT2D eigenvalue weighted by Gasteiger charge is -2.23. The third-order valence-electron chi connectivity index (χ3n) is 3.96. The Kier molecular flexibility index (Phi) is 3.68. The van der Waals surface area contributed by atoms with Crippen molar-refractivity contribution < 1.29 is 18.0 Å². The van der Waals surface area contributed by atoms with E-state index in [9.17, 15) is 18.0 Å². The molecule has 7 heteroatoms. The van der Waals surface area contributed by atoms with Crippen molar-refractivity contribution in [2.24, 2.45) is 0 Å². The van der Waals surface area contributed by atoms with Gasteiger partial charge >= 0.3 is 0 Å². The molecule has 0 spiro atoms. The van der Waals surface area contributed by atoms with Crippen molar-refractivity contribution in [3.63, 3.8) is 0 Å². The second kappa shape index (κ2) is 5.39. The number of carbonyl (C=O) groups is 2. The Labute approximate surface area is 129 Å². The summed E-state index contributed by atoms with van der Waals surface area (Å²) in [5.41, 5.74) is 0.926. The average molecular weight is 322 g/mol. The molecule has 1 atom stereocenters. The van der Waals surface area contributed by atoms with Crippen LogP contribution in [0.2, 0.25) is 0 Å². The Morgan fingerprint density at radius 1 is 1.18 bits per heavy atom. The minimum Gasteiger partial charge on any atom is -0.352 e. The molecule has 22 heavy (non-hydrogen) atoms. The molecule has 118 valence electrons. The number of sulfonamides is 1. The molecule has 1 heterocycles. The third kappa shape index (κ3) is 2.72. The van der Waals surface area contributed by atoms with Gasteiger partial charge < -0.3 is 5.32 Å². The second-order valence-electron chi connectivity index (χ2n) is 5.84. The first-order valence-electron chi connectivity index (χ1n) is 7.34. The first-order chi connectivity index (χ1) is 10.4. The van der Waals surface area contributed by atoms with Gasteiger partial charge in [-0.15, -0.1) is 0 Å². The molecular weight excluding hydrogens is 304 g/mol. The number of benzene rings is 1. The molecule has 1 aliphatic carbocycles. The van der Waals surface area contributed by atoms with Crippen LogP contribution < -0.4 is 5.32 Å². The van der Waals surface area contributed by atoms with Gasteiger partial charge in [0.15, 0.2) is 0 Å². The molecule has 1 unspecified atom stereocenters.